The van der Waals surface area contributed by atoms with Gasteiger partial charge in [0.25, 0.3) is 5.91 Å². The van der Waals surface area contributed by atoms with Gasteiger partial charge in [0, 0.05) is 0 Å². The van der Waals surface area contributed by atoms with Gasteiger partial charge in [-0.1, -0.05) is 6.07 Å². The molecule has 14 heavy (non-hydrogen) atoms. The van der Waals surface area contributed by atoms with Crippen molar-refractivity contribution in [3.63, 3.8) is 0 Å². The highest BCUT2D eigenvalue weighted by Crippen LogP contribution is 2.17. The van der Waals surface area contributed by atoms with Gasteiger partial charge in [-0.15, -0.1) is 0 Å². The molecule has 1 fully saturated rings. The summed E-state index contributed by atoms with van der Waals surface area (Å²) in [5.41, 5.74) is 0.255. The summed E-state index contributed by atoms with van der Waals surface area (Å²) >= 11 is 0. The number of halogens is 1. The maximum Gasteiger partial charge on any atom is 0.329 e. The Bertz CT molecular complexity index is 390. The average molecular weight is 194 g/mol. The first-order valence-corrected chi connectivity index (χ1v) is 4.05. The van der Waals surface area contributed by atoms with Crippen LogP contribution in [0.2, 0.25) is 0 Å². The zero-order chi connectivity index (χ0) is 10.1. The molecule has 0 saturated carbocycles. The van der Waals surface area contributed by atoms with E-state index in [-0.39, 0.29) is 18.1 Å². The first-order valence-electron chi connectivity index (χ1n) is 4.05. The number of amides is 3. The van der Waals surface area contributed by atoms with Crippen LogP contribution in [0.1, 0.15) is 0 Å². The van der Waals surface area contributed by atoms with E-state index in [9.17, 15) is 14.0 Å². The lowest BCUT2D eigenvalue weighted by molar-refractivity contribution is -0.115. The first kappa shape index (κ1) is 8.68. The van der Waals surface area contributed by atoms with Crippen molar-refractivity contribution in [1.29, 1.82) is 0 Å². The van der Waals surface area contributed by atoms with Gasteiger partial charge in [-0.25, -0.2) is 14.1 Å². The summed E-state index contributed by atoms with van der Waals surface area (Å²) in [5.74, 6) is -0.851. The largest absolute Gasteiger partial charge is 0.329 e. The van der Waals surface area contributed by atoms with E-state index in [1.54, 1.807) is 0 Å². The Morgan fingerprint density at radius 3 is 2.71 bits per heavy atom. The maximum absolute atomic E-state index is 12.8. The molecule has 0 aliphatic carbocycles. The summed E-state index contributed by atoms with van der Waals surface area (Å²) in [4.78, 5) is 23.3. The van der Waals surface area contributed by atoms with E-state index >= 15 is 0 Å². The molecule has 2 rings (SSSR count). The lowest BCUT2D eigenvalue weighted by Crippen LogP contribution is -2.30. The Labute approximate surface area is 79.3 Å². The lowest BCUT2D eigenvalue weighted by atomic mass is 10.3. The Hall–Kier alpha value is -1.91. The van der Waals surface area contributed by atoms with Crippen LogP contribution in [0.5, 0.6) is 0 Å². The molecule has 1 N–H and O–H groups in total. The summed E-state index contributed by atoms with van der Waals surface area (Å²) < 4.78 is 12.8. The van der Waals surface area contributed by atoms with Crippen LogP contribution in [0.15, 0.2) is 24.3 Å². The van der Waals surface area contributed by atoms with Gasteiger partial charge in [0.2, 0.25) is 0 Å². The number of rotatable bonds is 1. The van der Waals surface area contributed by atoms with Gasteiger partial charge < -0.3 is 5.32 Å². The number of carbonyl (C=O) groups is 2. The molecule has 0 unspecified atom stereocenters. The van der Waals surface area contributed by atoms with E-state index in [1.807, 2.05) is 0 Å². The zero-order valence-corrected chi connectivity index (χ0v) is 7.16. The molecule has 1 heterocycles. The van der Waals surface area contributed by atoms with Crippen LogP contribution < -0.4 is 10.2 Å². The van der Waals surface area contributed by atoms with E-state index in [0.29, 0.717) is 0 Å². The first-order chi connectivity index (χ1) is 6.68. The van der Waals surface area contributed by atoms with Crippen LogP contribution >= 0.6 is 0 Å². The number of urea groups is 1. The minimum absolute atomic E-state index is 0.0324. The Balaban J connectivity index is 2.39. The van der Waals surface area contributed by atoms with Crippen LogP contribution in [0.25, 0.3) is 0 Å². The molecule has 1 aliphatic rings. The highest BCUT2D eigenvalue weighted by molar-refractivity contribution is 6.19. The average Bonchev–Trinajstić information content (AvgIpc) is 2.46. The van der Waals surface area contributed by atoms with E-state index in [0.717, 1.165) is 11.0 Å². The number of nitrogens with zero attached hydrogens (tertiary/aromatic N) is 1. The molecule has 1 aromatic rings. The van der Waals surface area contributed by atoms with Crippen molar-refractivity contribution in [2.75, 3.05) is 11.4 Å². The van der Waals surface area contributed by atoms with Crippen molar-refractivity contribution < 1.29 is 14.0 Å². The number of hydrogen-bond donors (Lipinski definition) is 1. The number of benzene rings is 1. The summed E-state index contributed by atoms with van der Waals surface area (Å²) in [6, 6.07) is 4.83. The smallest absolute Gasteiger partial charge is 0.328 e. The molecule has 1 aliphatic heterocycles. The van der Waals surface area contributed by atoms with E-state index in [4.69, 9.17) is 0 Å². The second-order valence-corrected chi connectivity index (χ2v) is 2.87. The SMILES string of the molecule is O=C1CNC(=O)N1c1cccc(F)c1. The molecule has 0 aromatic heterocycles. The minimum Gasteiger partial charge on any atom is -0.328 e. The van der Waals surface area contributed by atoms with E-state index in [2.05, 4.69) is 5.32 Å². The Kier molecular flexibility index (Phi) is 1.92. The second kappa shape index (κ2) is 3.10. The van der Waals surface area contributed by atoms with Crippen LogP contribution in [-0.4, -0.2) is 18.5 Å². The molecule has 0 atom stereocenters. The van der Waals surface area contributed by atoms with Gasteiger partial charge >= 0.3 is 6.03 Å². The fourth-order valence-electron chi connectivity index (χ4n) is 1.30. The molecule has 72 valence electrons. The lowest BCUT2D eigenvalue weighted by Gasteiger charge is -2.11. The van der Waals surface area contributed by atoms with Crippen molar-refractivity contribution in [3.05, 3.63) is 30.1 Å². The van der Waals surface area contributed by atoms with Gasteiger partial charge in [0.1, 0.15) is 5.82 Å². The Morgan fingerprint density at radius 2 is 2.14 bits per heavy atom. The van der Waals surface area contributed by atoms with Gasteiger partial charge in [-0.2, -0.15) is 0 Å². The minimum atomic E-state index is -0.513. The molecule has 4 nitrogen and oxygen atoms in total. The maximum atomic E-state index is 12.8. The van der Waals surface area contributed by atoms with Crippen LogP contribution in [0.3, 0.4) is 0 Å². The molecule has 3 amide bonds. The third-order valence-electron chi connectivity index (χ3n) is 1.91. The van der Waals surface area contributed by atoms with Crippen molar-refractivity contribution in [2.45, 2.75) is 0 Å². The molecule has 1 aromatic carbocycles. The van der Waals surface area contributed by atoms with Crippen molar-refractivity contribution in [3.8, 4) is 0 Å². The van der Waals surface area contributed by atoms with Gasteiger partial charge in [0.05, 0.1) is 12.2 Å². The molecule has 0 radical (unpaired) electrons. The summed E-state index contributed by atoms with van der Waals surface area (Å²) in [6.45, 7) is -0.0324. The number of nitrogens with one attached hydrogen (secondary N) is 1. The number of imide groups is 1. The standard InChI is InChI=1S/C9H7FN2O2/c10-6-2-1-3-7(4-6)12-8(13)5-11-9(12)14/h1-4H,5H2,(H,11,14). The van der Waals surface area contributed by atoms with Gasteiger partial charge in [-0.3, -0.25) is 4.79 Å². The van der Waals surface area contributed by atoms with E-state index in [1.165, 1.54) is 18.2 Å². The number of anilines is 1. The fraction of sp³-hybridized carbons (Fsp3) is 0.111. The zero-order valence-electron chi connectivity index (χ0n) is 7.16. The topological polar surface area (TPSA) is 49.4 Å². The second-order valence-electron chi connectivity index (χ2n) is 2.87. The third-order valence-corrected chi connectivity index (χ3v) is 1.91. The molecular formula is C9H7FN2O2. The summed E-state index contributed by atoms with van der Waals surface area (Å²) in [5, 5.41) is 2.35. The highest BCUT2D eigenvalue weighted by Gasteiger charge is 2.29. The van der Waals surface area contributed by atoms with Crippen molar-refractivity contribution >= 4 is 17.6 Å². The van der Waals surface area contributed by atoms with Gasteiger partial charge in [-0.05, 0) is 18.2 Å². The van der Waals surface area contributed by atoms with Crippen LogP contribution in [0.4, 0.5) is 14.9 Å². The van der Waals surface area contributed by atoms with Crippen LogP contribution in [-0.2, 0) is 4.79 Å². The monoisotopic (exact) mass is 194 g/mol. The van der Waals surface area contributed by atoms with Gasteiger partial charge in [0.15, 0.2) is 0 Å². The van der Waals surface area contributed by atoms with Crippen LogP contribution in [0, 0.1) is 5.82 Å². The fourth-order valence-corrected chi connectivity index (χ4v) is 1.30. The predicted molar refractivity (Wildman–Crippen MR) is 47.3 cm³/mol. The predicted octanol–water partition coefficient (Wildman–Crippen LogP) is 0.882. The van der Waals surface area contributed by atoms with Crippen molar-refractivity contribution in [1.82, 2.24) is 5.32 Å². The molecule has 5 heteroatoms. The quantitative estimate of drug-likeness (QED) is 0.674. The van der Waals surface area contributed by atoms with Crippen molar-refractivity contribution in [2.24, 2.45) is 0 Å². The van der Waals surface area contributed by atoms with E-state index < -0.39 is 11.8 Å². The molecule has 0 spiro atoms. The molecule has 1 saturated heterocycles. The highest BCUT2D eigenvalue weighted by atomic mass is 19.1. The summed E-state index contributed by atoms with van der Waals surface area (Å²) in [6.07, 6.45) is 0. The number of carbonyl (C=O) groups excluding carboxylic acids is 2. The molecule has 0 bridgehead atoms. The molecular weight excluding hydrogens is 187 g/mol. The summed E-state index contributed by atoms with van der Waals surface area (Å²) in [7, 11) is 0. The number of hydrogen-bond acceptors (Lipinski definition) is 2. The Morgan fingerprint density at radius 1 is 1.36 bits per heavy atom. The third kappa shape index (κ3) is 1.32. The normalized spacial score (nSPS) is 15.9.